The first-order chi connectivity index (χ1) is 10.3. The lowest BCUT2D eigenvalue weighted by atomic mass is 9.89. The van der Waals surface area contributed by atoms with Crippen LogP contribution in [0.25, 0.3) is 11.0 Å². The molecule has 0 spiro atoms. The Morgan fingerprint density at radius 2 is 1.95 bits per heavy atom. The number of piperidine rings is 1. The Hall–Kier alpha value is -1.62. The lowest BCUT2D eigenvalue weighted by Gasteiger charge is -2.23. The highest BCUT2D eigenvalue weighted by molar-refractivity contribution is 5.84. The Labute approximate surface area is 123 Å². The number of pyridine rings is 1. The molecule has 0 saturated carbocycles. The summed E-state index contributed by atoms with van der Waals surface area (Å²) in [6.07, 6.45) is 7.86. The Morgan fingerprint density at radius 1 is 1.14 bits per heavy atom. The summed E-state index contributed by atoms with van der Waals surface area (Å²) in [6.45, 7) is 1.06. The minimum Gasteiger partial charge on any atom is -0.309 e. The fourth-order valence-electron chi connectivity index (χ4n) is 3.93. The molecule has 1 atom stereocenters. The van der Waals surface area contributed by atoms with E-state index in [4.69, 9.17) is 5.10 Å². The number of hydrogen-bond acceptors (Lipinski definition) is 3. The highest BCUT2D eigenvalue weighted by Gasteiger charge is 2.26. The van der Waals surface area contributed by atoms with Crippen LogP contribution in [0.4, 0.5) is 0 Å². The molecule has 4 rings (SSSR count). The molecule has 0 radical (unpaired) electrons. The minimum atomic E-state index is 0.0864. The van der Waals surface area contributed by atoms with Crippen molar-refractivity contribution >= 4 is 11.0 Å². The van der Waals surface area contributed by atoms with Gasteiger partial charge < -0.3 is 10.3 Å². The van der Waals surface area contributed by atoms with Crippen LogP contribution in [0.15, 0.2) is 4.79 Å². The molecule has 1 aliphatic carbocycles. The number of H-pyrrole nitrogens is 1. The lowest BCUT2D eigenvalue weighted by molar-refractivity contribution is 0.404. The van der Waals surface area contributed by atoms with Crippen LogP contribution >= 0.6 is 0 Å². The minimum absolute atomic E-state index is 0.0864. The largest absolute Gasteiger partial charge is 0.309 e. The van der Waals surface area contributed by atoms with Gasteiger partial charge in [0.25, 0.3) is 5.56 Å². The lowest BCUT2D eigenvalue weighted by Crippen LogP contribution is -2.27. The third-order valence-corrected chi connectivity index (χ3v) is 4.99. The SMILES string of the molecule is Cn1nc([C@@H]2CCCCN2)c2c3c(c(=O)[nH]c21)CCCC3. The van der Waals surface area contributed by atoms with Gasteiger partial charge in [0.1, 0.15) is 5.65 Å². The Kier molecular flexibility index (Phi) is 3.10. The van der Waals surface area contributed by atoms with Gasteiger partial charge in [-0.1, -0.05) is 6.42 Å². The maximum absolute atomic E-state index is 12.3. The predicted octanol–water partition coefficient (Wildman–Crippen LogP) is 1.95. The van der Waals surface area contributed by atoms with E-state index in [1.165, 1.54) is 30.2 Å². The second-order valence-electron chi connectivity index (χ2n) is 6.35. The van der Waals surface area contributed by atoms with Crippen LogP contribution in [0.3, 0.4) is 0 Å². The summed E-state index contributed by atoms with van der Waals surface area (Å²) in [5, 5.41) is 9.56. The Morgan fingerprint density at radius 3 is 2.71 bits per heavy atom. The third-order valence-electron chi connectivity index (χ3n) is 4.99. The molecule has 0 amide bonds. The van der Waals surface area contributed by atoms with Crippen molar-refractivity contribution in [3.63, 3.8) is 0 Å². The molecule has 2 aromatic heterocycles. The number of aromatic nitrogens is 3. The molecule has 2 aromatic rings. The summed E-state index contributed by atoms with van der Waals surface area (Å²) in [5.74, 6) is 0. The molecule has 5 heteroatoms. The van der Waals surface area contributed by atoms with Crippen molar-refractivity contribution < 1.29 is 0 Å². The number of hydrogen-bond donors (Lipinski definition) is 2. The standard InChI is InChI=1S/C16H22N4O/c1-20-15-13(14(19-20)12-8-4-5-9-17-12)10-6-2-3-7-11(10)16(21)18-15/h12,17H,2-9H2,1H3,(H,18,21)/t12-/m0/s1. The zero-order valence-corrected chi connectivity index (χ0v) is 12.5. The number of nitrogens with one attached hydrogen (secondary N) is 2. The summed E-state index contributed by atoms with van der Waals surface area (Å²) < 4.78 is 1.84. The molecule has 21 heavy (non-hydrogen) atoms. The second-order valence-corrected chi connectivity index (χ2v) is 6.35. The Balaban J connectivity index is 1.97. The predicted molar refractivity (Wildman–Crippen MR) is 82.6 cm³/mol. The van der Waals surface area contributed by atoms with Crippen LogP contribution in [0, 0.1) is 0 Å². The summed E-state index contributed by atoms with van der Waals surface area (Å²) in [5.41, 5.74) is 4.38. The van der Waals surface area contributed by atoms with E-state index in [9.17, 15) is 4.79 Å². The first kappa shape index (κ1) is 13.1. The van der Waals surface area contributed by atoms with Gasteiger partial charge in [-0.25, -0.2) is 0 Å². The average molecular weight is 286 g/mol. The molecule has 0 unspecified atom stereocenters. The second kappa shape index (κ2) is 4.98. The van der Waals surface area contributed by atoms with Crippen LogP contribution in [0.1, 0.15) is 55.0 Å². The van der Waals surface area contributed by atoms with Crippen LogP contribution in [-0.2, 0) is 19.9 Å². The van der Waals surface area contributed by atoms with Crippen molar-refractivity contribution in [2.75, 3.05) is 6.54 Å². The fourth-order valence-corrected chi connectivity index (χ4v) is 3.93. The summed E-state index contributed by atoms with van der Waals surface area (Å²) in [6, 6.07) is 0.333. The normalized spacial score (nSPS) is 22.4. The van der Waals surface area contributed by atoms with E-state index in [1.807, 2.05) is 11.7 Å². The molecule has 5 nitrogen and oxygen atoms in total. The molecule has 0 bridgehead atoms. The molecule has 1 saturated heterocycles. The molecule has 1 aliphatic heterocycles. The zero-order valence-electron chi connectivity index (χ0n) is 12.5. The highest BCUT2D eigenvalue weighted by Crippen LogP contribution is 2.33. The molecule has 2 aliphatic rings. The molecule has 112 valence electrons. The maximum Gasteiger partial charge on any atom is 0.253 e. The monoisotopic (exact) mass is 286 g/mol. The van der Waals surface area contributed by atoms with E-state index in [0.717, 1.165) is 49.1 Å². The Bertz CT molecular complexity index is 737. The maximum atomic E-state index is 12.3. The van der Waals surface area contributed by atoms with Gasteiger partial charge in [0.15, 0.2) is 0 Å². The van der Waals surface area contributed by atoms with Crippen molar-refractivity contribution in [2.24, 2.45) is 7.05 Å². The van der Waals surface area contributed by atoms with E-state index in [1.54, 1.807) is 0 Å². The van der Waals surface area contributed by atoms with Crippen molar-refractivity contribution in [1.29, 1.82) is 0 Å². The molecule has 3 heterocycles. The molecule has 0 aromatic carbocycles. The first-order valence-electron chi connectivity index (χ1n) is 8.09. The smallest absolute Gasteiger partial charge is 0.253 e. The van der Waals surface area contributed by atoms with Crippen LogP contribution in [0.5, 0.6) is 0 Å². The number of fused-ring (bicyclic) bond motifs is 3. The van der Waals surface area contributed by atoms with E-state index in [0.29, 0.717) is 6.04 Å². The fraction of sp³-hybridized carbons (Fsp3) is 0.625. The average Bonchev–Trinajstić information content (AvgIpc) is 2.86. The van der Waals surface area contributed by atoms with E-state index in [2.05, 4.69) is 10.3 Å². The van der Waals surface area contributed by atoms with Gasteiger partial charge in [-0.2, -0.15) is 5.10 Å². The quantitative estimate of drug-likeness (QED) is 0.842. The van der Waals surface area contributed by atoms with Gasteiger partial charge in [-0.3, -0.25) is 9.48 Å². The topological polar surface area (TPSA) is 62.7 Å². The van der Waals surface area contributed by atoms with Crippen molar-refractivity contribution in [3.05, 3.63) is 27.2 Å². The van der Waals surface area contributed by atoms with Gasteiger partial charge in [0.2, 0.25) is 0 Å². The zero-order chi connectivity index (χ0) is 14.4. The summed E-state index contributed by atoms with van der Waals surface area (Å²) >= 11 is 0. The number of aromatic amines is 1. The van der Waals surface area contributed by atoms with Gasteiger partial charge in [0, 0.05) is 18.0 Å². The summed E-state index contributed by atoms with van der Waals surface area (Å²) in [4.78, 5) is 15.4. The molecule has 2 N–H and O–H groups in total. The van der Waals surface area contributed by atoms with E-state index < -0.39 is 0 Å². The van der Waals surface area contributed by atoms with Gasteiger partial charge in [0.05, 0.1) is 11.7 Å². The van der Waals surface area contributed by atoms with Crippen molar-refractivity contribution in [1.82, 2.24) is 20.1 Å². The highest BCUT2D eigenvalue weighted by atomic mass is 16.1. The first-order valence-corrected chi connectivity index (χ1v) is 8.09. The van der Waals surface area contributed by atoms with Crippen LogP contribution in [-0.4, -0.2) is 21.3 Å². The van der Waals surface area contributed by atoms with Gasteiger partial charge in [-0.15, -0.1) is 0 Å². The third kappa shape index (κ3) is 2.02. The summed E-state index contributed by atoms with van der Waals surface area (Å²) in [7, 11) is 1.93. The molecular formula is C16H22N4O. The van der Waals surface area contributed by atoms with Crippen LogP contribution < -0.4 is 10.9 Å². The van der Waals surface area contributed by atoms with Crippen LogP contribution in [0.2, 0.25) is 0 Å². The van der Waals surface area contributed by atoms with Gasteiger partial charge >= 0.3 is 0 Å². The number of aryl methyl sites for hydroxylation is 2. The molecule has 1 fully saturated rings. The molecular weight excluding hydrogens is 264 g/mol. The van der Waals surface area contributed by atoms with Crippen molar-refractivity contribution in [3.8, 4) is 0 Å². The van der Waals surface area contributed by atoms with Crippen molar-refractivity contribution in [2.45, 2.75) is 51.0 Å². The van der Waals surface area contributed by atoms with E-state index >= 15 is 0 Å². The number of nitrogens with zero attached hydrogens (tertiary/aromatic N) is 2. The van der Waals surface area contributed by atoms with Gasteiger partial charge in [-0.05, 0) is 50.6 Å². The van der Waals surface area contributed by atoms with E-state index in [-0.39, 0.29) is 5.56 Å². The number of rotatable bonds is 1.